The molecule has 1 aromatic heterocycles. The van der Waals surface area contributed by atoms with Crippen LogP contribution in [0.25, 0.3) is 22.3 Å². The molecule has 0 saturated heterocycles. The van der Waals surface area contributed by atoms with Gasteiger partial charge in [0.05, 0.1) is 5.75 Å². The summed E-state index contributed by atoms with van der Waals surface area (Å²) < 4.78 is 47.6. The number of rotatable bonds is 4. The minimum Gasteiger partial charge on any atom is -0.306 e. The Morgan fingerprint density at radius 2 is 1.72 bits per heavy atom. The molecule has 0 spiro atoms. The van der Waals surface area contributed by atoms with E-state index in [-0.39, 0.29) is 17.1 Å². The van der Waals surface area contributed by atoms with Gasteiger partial charge in [-0.2, -0.15) is 0 Å². The molecule has 1 atom stereocenters. The van der Waals surface area contributed by atoms with Crippen LogP contribution in [0.4, 0.5) is 8.78 Å². The molecule has 1 N–H and O–H groups in total. The summed E-state index contributed by atoms with van der Waals surface area (Å²) in [4.78, 5) is 4.10. The van der Waals surface area contributed by atoms with Crippen molar-refractivity contribution in [1.29, 1.82) is 0 Å². The molecule has 2 aromatic carbocycles. The number of hydrogen-bond acceptors (Lipinski definition) is 2. The number of aromatic nitrogens is 1. The Kier molecular flexibility index (Phi) is 5.01. The highest BCUT2D eigenvalue weighted by atomic mass is 32.2. The second-order valence-corrected chi connectivity index (χ2v) is 6.59. The summed E-state index contributed by atoms with van der Waals surface area (Å²) in [6.07, 6.45) is 3.24. The molecular weight excluding hydrogens is 344 g/mol. The summed E-state index contributed by atoms with van der Waals surface area (Å²) in [5.41, 5.74) is 3.59. The average Bonchev–Trinajstić information content (AvgIpc) is 2.59. The lowest BCUT2D eigenvalue weighted by Gasteiger charge is -2.11. The van der Waals surface area contributed by atoms with Crippen molar-refractivity contribution in [3.05, 3.63) is 77.6 Å². The molecule has 128 valence electrons. The second-order valence-electron chi connectivity index (χ2n) is 5.66. The quantitative estimate of drug-likeness (QED) is 0.686. The van der Waals surface area contributed by atoms with Crippen LogP contribution in [0.5, 0.6) is 0 Å². The van der Waals surface area contributed by atoms with Gasteiger partial charge in [0.25, 0.3) is 0 Å². The molecule has 0 radical (unpaired) electrons. The number of hydrogen-bond donors (Lipinski definition) is 1. The van der Waals surface area contributed by atoms with Gasteiger partial charge >= 0.3 is 0 Å². The molecule has 3 nitrogen and oxygen atoms in total. The monoisotopic (exact) mass is 359 g/mol. The smallest absolute Gasteiger partial charge is 0.157 e. The van der Waals surface area contributed by atoms with E-state index in [0.29, 0.717) is 16.7 Å². The molecule has 1 unspecified atom stereocenters. The van der Waals surface area contributed by atoms with Crippen LogP contribution in [-0.4, -0.2) is 13.7 Å². The molecule has 0 amide bonds. The summed E-state index contributed by atoms with van der Waals surface area (Å²) >= 11 is -2.10. The van der Waals surface area contributed by atoms with E-state index in [1.165, 1.54) is 18.2 Å². The minimum atomic E-state index is -2.10. The van der Waals surface area contributed by atoms with Crippen LogP contribution >= 0.6 is 0 Å². The van der Waals surface area contributed by atoms with Crippen LogP contribution < -0.4 is 0 Å². The van der Waals surface area contributed by atoms with Crippen molar-refractivity contribution in [2.24, 2.45) is 0 Å². The van der Waals surface area contributed by atoms with Gasteiger partial charge in [0, 0.05) is 23.5 Å². The Hall–Kier alpha value is -2.44. The maximum Gasteiger partial charge on any atom is 0.157 e. The molecule has 0 bridgehead atoms. The lowest BCUT2D eigenvalue weighted by atomic mass is 9.95. The third-order valence-electron chi connectivity index (χ3n) is 3.93. The third-order valence-corrected chi connectivity index (χ3v) is 4.49. The molecule has 25 heavy (non-hydrogen) atoms. The molecule has 0 fully saturated rings. The van der Waals surface area contributed by atoms with Crippen molar-refractivity contribution in [3.8, 4) is 22.3 Å². The maximum absolute atomic E-state index is 14.2. The Morgan fingerprint density at radius 1 is 1.00 bits per heavy atom. The summed E-state index contributed by atoms with van der Waals surface area (Å²) in [6.45, 7) is 1.68. The van der Waals surface area contributed by atoms with E-state index in [9.17, 15) is 13.0 Å². The van der Waals surface area contributed by atoms with Gasteiger partial charge in [-0.25, -0.2) is 13.0 Å². The summed E-state index contributed by atoms with van der Waals surface area (Å²) in [5, 5.41) is 0. The molecule has 0 aliphatic heterocycles. The highest BCUT2D eigenvalue weighted by Crippen LogP contribution is 2.33. The first-order chi connectivity index (χ1) is 12.0. The van der Waals surface area contributed by atoms with E-state index in [1.54, 1.807) is 43.6 Å². The Morgan fingerprint density at radius 3 is 2.40 bits per heavy atom. The summed E-state index contributed by atoms with van der Waals surface area (Å²) in [6, 6.07) is 11.1. The van der Waals surface area contributed by atoms with Crippen molar-refractivity contribution >= 4 is 11.1 Å². The molecule has 6 heteroatoms. The summed E-state index contributed by atoms with van der Waals surface area (Å²) in [7, 11) is 0. The van der Waals surface area contributed by atoms with Crippen molar-refractivity contribution in [2.45, 2.75) is 12.7 Å². The maximum atomic E-state index is 14.2. The van der Waals surface area contributed by atoms with Crippen LogP contribution in [0.15, 0.2) is 54.9 Å². The Labute approximate surface area is 146 Å². The van der Waals surface area contributed by atoms with Crippen LogP contribution in [0.1, 0.15) is 11.1 Å². The Bertz CT molecular complexity index is 960. The lowest BCUT2D eigenvalue weighted by Crippen LogP contribution is -1.97. The number of benzene rings is 2. The number of pyridine rings is 1. The molecule has 0 aliphatic carbocycles. The molecule has 0 saturated carbocycles. The zero-order valence-electron chi connectivity index (χ0n) is 13.4. The van der Waals surface area contributed by atoms with Crippen molar-refractivity contribution in [3.63, 3.8) is 0 Å². The molecule has 3 aromatic rings. The standard InChI is InChI=1S/C19H15F2NO2S/c1-12-8-13(4-5-18(12)20)16-6-7-22-10-17(16)14-2-3-15(11-25(23)24)19(21)9-14/h2-10H,11H2,1H3,(H,23,24). The first-order valence-corrected chi connectivity index (χ1v) is 8.80. The van der Waals surface area contributed by atoms with Crippen LogP contribution in [0.3, 0.4) is 0 Å². The SMILES string of the molecule is Cc1cc(-c2ccncc2-c2ccc(CS(=O)O)c(F)c2)ccc1F. The third kappa shape index (κ3) is 3.81. The van der Waals surface area contributed by atoms with Gasteiger partial charge in [0.2, 0.25) is 0 Å². The molecule has 0 aliphatic rings. The topological polar surface area (TPSA) is 50.2 Å². The number of halogens is 2. The first kappa shape index (κ1) is 17.4. The van der Waals surface area contributed by atoms with E-state index >= 15 is 0 Å². The normalized spacial score (nSPS) is 12.2. The van der Waals surface area contributed by atoms with E-state index in [1.807, 2.05) is 0 Å². The molecule has 3 rings (SSSR count). The lowest BCUT2D eigenvalue weighted by molar-refractivity contribution is 0.559. The van der Waals surface area contributed by atoms with Gasteiger partial charge in [-0.05, 0) is 53.4 Å². The van der Waals surface area contributed by atoms with Crippen LogP contribution in [0.2, 0.25) is 0 Å². The van der Waals surface area contributed by atoms with Crippen LogP contribution in [-0.2, 0) is 16.8 Å². The number of aryl methyl sites for hydroxylation is 1. The summed E-state index contributed by atoms with van der Waals surface area (Å²) in [5.74, 6) is -1.10. The fraction of sp³-hybridized carbons (Fsp3) is 0.105. The second kappa shape index (κ2) is 7.21. The van der Waals surface area contributed by atoms with Crippen molar-refractivity contribution < 1.29 is 17.5 Å². The van der Waals surface area contributed by atoms with Gasteiger partial charge in [-0.3, -0.25) is 4.98 Å². The van der Waals surface area contributed by atoms with E-state index in [2.05, 4.69) is 4.98 Å². The highest BCUT2D eigenvalue weighted by Gasteiger charge is 2.12. The predicted molar refractivity (Wildman–Crippen MR) is 94.2 cm³/mol. The number of nitrogens with zero attached hydrogens (tertiary/aromatic N) is 1. The minimum absolute atomic E-state index is 0.174. The zero-order chi connectivity index (χ0) is 18.0. The van der Waals surface area contributed by atoms with Gasteiger partial charge in [-0.15, -0.1) is 0 Å². The van der Waals surface area contributed by atoms with Crippen molar-refractivity contribution in [1.82, 2.24) is 4.98 Å². The van der Waals surface area contributed by atoms with Gasteiger partial charge in [0.1, 0.15) is 11.6 Å². The fourth-order valence-corrected chi connectivity index (χ4v) is 3.15. The molecule has 1 heterocycles. The van der Waals surface area contributed by atoms with Crippen molar-refractivity contribution in [2.75, 3.05) is 0 Å². The van der Waals surface area contributed by atoms with Gasteiger partial charge in [-0.1, -0.05) is 18.2 Å². The van der Waals surface area contributed by atoms with Crippen LogP contribution in [0, 0.1) is 18.6 Å². The van der Waals surface area contributed by atoms with E-state index in [0.717, 1.165) is 11.1 Å². The average molecular weight is 359 g/mol. The van der Waals surface area contributed by atoms with E-state index < -0.39 is 16.9 Å². The molecular formula is C19H15F2NO2S. The van der Waals surface area contributed by atoms with Gasteiger partial charge < -0.3 is 4.55 Å². The fourth-order valence-electron chi connectivity index (χ4n) is 2.65. The highest BCUT2D eigenvalue weighted by molar-refractivity contribution is 7.78. The van der Waals surface area contributed by atoms with Gasteiger partial charge in [0.15, 0.2) is 11.1 Å². The first-order valence-electron chi connectivity index (χ1n) is 7.52. The zero-order valence-corrected chi connectivity index (χ0v) is 14.2. The van der Waals surface area contributed by atoms with E-state index in [4.69, 9.17) is 4.55 Å². The predicted octanol–water partition coefficient (Wildman–Crippen LogP) is 4.72. The largest absolute Gasteiger partial charge is 0.306 e. The Balaban J connectivity index is 2.08.